The predicted molar refractivity (Wildman–Crippen MR) is 82.0 cm³/mol. The number of nitrogens with one attached hydrogen (secondary N) is 1. The summed E-state index contributed by atoms with van der Waals surface area (Å²) < 4.78 is 0. The Balaban J connectivity index is 1.87. The molecule has 2 aromatic rings. The Morgan fingerprint density at radius 3 is 2.50 bits per heavy atom. The molecule has 5 nitrogen and oxygen atoms in total. The molecule has 1 saturated heterocycles. The van der Waals surface area contributed by atoms with E-state index in [1.807, 2.05) is 24.3 Å². The van der Waals surface area contributed by atoms with Crippen LogP contribution >= 0.6 is 0 Å². The Morgan fingerprint density at radius 2 is 1.80 bits per heavy atom. The minimum atomic E-state index is -0.00635. The summed E-state index contributed by atoms with van der Waals surface area (Å²) in [4.78, 5) is 17.4. The molecule has 0 bridgehead atoms. The molecule has 0 atom stereocenters. The lowest BCUT2D eigenvalue weighted by Crippen LogP contribution is -2.51. The third kappa shape index (κ3) is 2.42. The molecule has 0 unspecified atom stereocenters. The van der Waals surface area contributed by atoms with E-state index in [1.54, 1.807) is 0 Å². The lowest BCUT2D eigenvalue weighted by molar-refractivity contribution is 0.0200. The first-order chi connectivity index (χ1) is 9.65. The number of rotatable bonds is 2. The second-order valence-electron chi connectivity index (χ2n) is 5.36. The minimum Gasteiger partial charge on any atom is -0.355 e. The summed E-state index contributed by atoms with van der Waals surface area (Å²) in [6.07, 6.45) is 0. The molecule has 20 heavy (non-hydrogen) atoms. The van der Waals surface area contributed by atoms with E-state index in [2.05, 4.69) is 40.1 Å². The predicted octanol–water partition coefficient (Wildman–Crippen LogP) is 1.13. The first kappa shape index (κ1) is 13.1. The molecule has 1 fully saturated rings. The van der Waals surface area contributed by atoms with Gasteiger partial charge in [-0.25, -0.2) is 10.0 Å². The first-order valence-corrected chi connectivity index (χ1v) is 6.94. The molecule has 0 saturated carbocycles. The molecule has 106 valence electrons. The molecule has 2 heterocycles. The van der Waals surface area contributed by atoms with Gasteiger partial charge >= 0.3 is 0 Å². The van der Waals surface area contributed by atoms with Crippen LogP contribution in [0.2, 0.25) is 0 Å². The van der Waals surface area contributed by atoms with Gasteiger partial charge in [0.25, 0.3) is 5.56 Å². The molecule has 1 aromatic heterocycles. The van der Waals surface area contributed by atoms with Gasteiger partial charge in [0.15, 0.2) is 0 Å². The van der Waals surface area contributed by atoms with E-state index in [0.717, 1.165) is 42.8 Å². The Labute approximate surface area is 118 Å². The smallest absolute Gasteiger partial charge is 0.257 e. The third-order valence-electron chi connectivity index (χ3n) is 3.90. The van der Waals surface area contributed by atoms with Crippen LogP contribution in [-0.4, -0.2) is 55.3 Å². The number of nitrogens with zero attached hydrogens (tertiary/aromatic N) is 3. The van der Waals surface area contributed by atoms with E-state index in [-0.39, 0.29) is 5.56 Å². The number of aromatic amines is 1. The van der Waals surface area contributed by atoms with Crippen molar-refractivity contribution in [1.29, 1.82) is 0 Å². The van der Waals surface area contributed by atoms with Gasteiger partial charge in [-0.2, -0.15) is 0 Å². The number of hydrogen-bond donors (Lipinski definition) is 1. The molecule has 0 spiro atoms. The summed E-state index contributed by atoms with van der Waals surface area (Å²) in [5.41, 5.74) is -0.00635. The van der Waals surface area contributed by atoms with Gasteiger partial charge in [-0.1, -0.05) is 18.2 Å². The van der Waals surface area contributed by atoms with Crippen molar-refractivity contribution >= 4 is 16.6 Å². The average Bonchev–Trinajstić information content (AvgIpc) is 2.47. The number of aromatic nitrogens is 1. The number of fused-ring (bicyclic) bond motifs is 1. The van der Waals surface area contributed by atoms with Crippen LogP contribution in [0.5, 0.6) is 0 Å². The van der Waals surface area contributed by atoms with Gasteiger partial charge in [0.05, 0.1) is 0 Å². The van der Waals surface area contributed by atoms with Gasteiger partial charge in [0.2, 0.25) is 0 Å². The quantitative estimate of drug-likeness (QED) is 0.890. The topological polar surface area (TPSA) is 42.6 Å². The van der Waals surface area contributed by atoms with Gasteiger partial charge in [0, 0.05) is 45.7 Å². The zero-order valence-electron chi connectivity index (χ0n) is 12.0. The highest BCUT2D eigenvalue weighted by molar-refractivity contribution is 5.83. The highest BCUT2D eigenvalue weighted by atomic mass is 16.1. The van der Waals surface area contributed by atoms with Gasteiger partial charge in [-0.15, -0.1) is 0 Å². The second-order valence-corrected chi connectivity index (χ2v) is 5.36. The Hall–Kier alpha value is -1.85. The van der Waals surface area contributed by atoms with Crippen LogP contribution in [-0.2, 0) is 0 Å². The molecule has 0 aliphatic carbocycles. The summed E-state index contributed by atoms with van der Waals surface area (Å²) in [6, 6.07) is 9.79. The highest BCUT2D eigenvalue weighted by Crippen LogP contribution is 2.17. The molecule has 1 aliphatic heterocycles. The number of H-pyrrole nitrogens is 1. The zero-order valence-corrected chi connectivity index (χ0v) is 12.0. The van der Waals surface area contributed by atoms with Crippen molar-refractivity contribution in [2.45, 2.75) is 0 Å². The summed E-state index contributed by atoms with van der Waals surface area (Å²) in [5, 5.41) is 6.18. The average molecular weight is 272 g/mol. The van der Waals surface area contributed by atoms with Crippen molar-refractivity contribution < 1.29 is 0 Å². The van der Waals surface area contributed by atoms with Crippen LogP contribution in [0.4, 0.5) is 5.82 Å². The lowest BCUT2D eigenvalue weighted by Gasteiger charge is -2.38. The number of pyridine rings is 1. The second kappa shape index (κ2) is 5.26. The number of benzene rings is 1. The monoisotopic (exact) mass is 272 g/mol. The van der Waals surface area contributed by atoms with Crippen molar-refractivity contribution in [3.05, 3.63) is 40.7 Å². The number of anilines is 1. The van der Waals surface area contributed by atoms with Gasteiger partial charge in [-0.05, 0) is 17.5 Å². The highest BCUT2D eigenvalue weighted by Gasteiger charge is 2.19. The maximum Gasteiger partial charge on any atom is 0.257 e. The molecule has 5 heteroatoms. The summed E-state index contributed by atoms with van der Waals surface area (Å²) in [6.45, 7) is 3.79. The van der Waals surface area contributed by atoms with Crippen molar-refractivity contribution in [2.75, 3.05) is 45.2 Å². The molecule has 1 aromatic carbocycles. The van der Waals surface area contributed by atoms with Crippen molar-refractivity contribution in [3.8, 4) is 0 Å². The maximum atomic E-state index is 12.1. The molecule has 3 rings (SSSR count). The number of hydrogen-bond acceptors (Lipinski definition) is 4. The standard InChI is InChI=1S/C15H20N4O/c1-17(2)19-9-7-18(8-10-19)14-11-12-5-3-4-6-13(12)15(20)16-14/h3-6,11H,7-10H2,1-2H3,(H,16,20). The number of hydrazine groups is 1. The zero-order chi connectivity index (χ0) is 14.1. The first-order valence-electron chi connectivity index (χ1n) is 6.94. The summed E-state index contributed by atoms with van der Waals surface area (Å²) >= 11 is 0. The maximum absolute atomic E-state index is 12.1. The fraction of sp³-hybridized carbons (Fsp3) is 0.400. The molecule has 1 N–H and O–H groups in total. The molecule has 0 radical (unpaired) electrons. The van der Waals surface area contributed by atoms with Crippen molar-refractivity contribution in [1.82, 2.24) is 15.0 Å². The fourth-order valence-corrected chi connectivity index (χ4v) is 2.70. The summed E-state index contributed by atoms with van der Waals surface area (Å²) in [5.74, 6) is 0.923. The van der Waals surface area contributed by atoms with Crippen LogP contribution < -0.4 is 10.5 Å². The van der Waals surface area contributed by atoms with E-state index in [9.17, 15) is 4.79 Å². The molecular formula is C15H20N4O. The van der Waals surface area contributed by atoms with Crippen molar-refractivity contribution in [3.63, 3.8) is 0 Å². The van der Waals surface area contributed by atoms with E-state index < -0.39 is 0 Å². The van der Waals surface area contributed by atoms with E-state index in [0.29, 0.717) is 0 Å². The Bertz CT molecular complexity index is 656. The van der Waals surface area contributed by atoms with Crippen LogP contribution in [0, 0.1) is 0 Å². The largest absolute Gasteiger partial charge is 0.355 e. The third-order valence-corrected chi connectivity index (χ3v) is 3.90. The number of piperazine rings is 1. The lowest BCUT2D eigenvalue weighted by atomic mass is 10.1. The molecule has 1 aliphatic rings. The Morgan fingerprint density at radius 1 is 1.10 bits per heavy atom. The van der Waals surface area contributed by atoms with E-state index in [4.69, 9.17) is 0 Å². The normalized spacial score (nSPS) is 17.1. The Kier molecular flexibility index (Phi) is 3.46. The van der Waals surface area contributed by atoms with Crippen LogP contribution in [0.25, 0.3) is 10.8 Å². The van der Waals surface area contributed by atoms with Crippen LogP contribution in [0.1, 0.15) is 0 Å². The molecule has 0 amide bonds. The fourth-order valence-electron chi connectivity index (χ4n) is 2.70. The van der Waals surface area contributed by atoms with E-state index in [1.165, 1.54) is 0 Å². The van der Waals surface area contributed by atoms with E-state index >= 15 is 0 Å². The van der Waals surface area contributed by atoms with Crippen LogP contribution in [0.3, 0.4) is 0 Å². The summed E-state index contributed by atoms with van der Waals surface area (Å²) in [7, 11) is 4.13. The van der Waals surface area contributed by atoms with Crippen molar-refractivity contribution in [2.24, 2.45) is 0 Å². The van der Waals surface area contributed by atoms with Gasteiger partial charge in [-0.3, -0.25) is 4.79 Å². The molecular weight excluding hydrogens is 252 g/mol. The SMILES string of the molecule is CN(C)N1CCN(c2cc3ccccc3c(=O)[nH]2)CC1. The van der Waals surface area contributed by atoms with Gasteiger partial charge in [0.1, 0.15) is 5.82 Å². The van der Waals surface area contributed by atoms with Gasteiger partial charge < -0.3 is 9.88 Å². The van der Waals surface area contributed by atoms with Crippen LogP contribution in [0.15, 0.2) is 35.1 Å². The minimum absolute atomic E-state index is 0.00635.